The predicted octanol–water partition coefficient (Wildman–Crippen LogP) is 5.66. The van der Waals surface area contributed by atoms with Crippen molar-refractivity contribution in [3.8, 4) is 28.3 Å². The number of benzene rings is 3. The van der Waals surface area contributed by atoms with Gasteiger partial charge in [0.2, 0.25) is 0 Å². The van der Waals surface area contributed by atoms with E-state index in [1.165, 1.54) is 12.1 Å². The van der Waals surface area contributed by atoms with Crippen LogP contribution < -0.4 is 5.73 Å². The maximum absolute atomic E-state index is 16.7. The molecular formula is C34H34F2N6O2. The topological polar surface area (TPSA) is 121 Å². The summed E-state index contributed by atoms with van der Waals surface area (Å²) < 4.78 is 33.2. The number of carbonyl (C=O) groups excluding carboxylic acids is 1. The lowest BCUT2D eigenvalue weighted by atomic mass is 9.89. The van der Waals surface area contributed by atoms with E-state index >= 15 is 4.39 Å². The highest BCUT2D eigenvalue weighted by molar-refractivity contribution is 5.99. The first-order valence-electron chi connectivity index (χ1n) is 15.2. The van der Waals surface area contributed by atoms with Crippen LogP contribution in [0.15, 0.2) is 42.5 Å². The third kappa shape index (κ3) is 4.94. The summed E-state index contributed by atoms with van der Waals surface area (Å²) in [5, 5.41) is 28.4. The quantitative estimate of drug-likeness (QED) is 0.296. The Morgan fingerprint density at radius 2 is 1.77 bits per heavy atom. The molecule has 2 bridgehead atoms. The van der Waals surface area contributed by atoms with Crippen LogP contribution >= 0.6 is 0 Å². The molecule has 2 saturated heterocycles. The second kappa shape index (κ2) is 10.5. The molecule has 2 aliphatic heterocycles. The van der Waals surface area contributed by atoms with Crippen LogP contribution in [0.25, 0.3) is 33.3 Å². The van der Waals surface area contributed by atoms with Crippen LogP contribution in [0.3, 0.4) is 0 Å². The number of aromatic nitrogens is 3. The minimum absolute atomic E-state index is 0.00545. The van der Waals surface area contributed by atoms with Gasteiger partial charge in [0.1, 0.15) is 23.2 Å². The molecule has 7 rings (SSSR count). The van der Waals surface area contributed by atoms with Crippen molar-refractivity contribution in [3.63, 3.8) is 0 Å². The molecule has 0 spiro atoms. The van der Waals surface area contributed by atoms with Crippen molar-refractivity contribution in [2.45, 2.75) is 88.6 Å². The number of rotatable bonds is 6. The smallest absolute Gasteiger partial charge is 0.254 e. The molecule has 1 aromatic heterocycles. The molecule has 3 aliphatic rings. The van der Waals surface area contributed by atoms with E-state index in [-0.39, 0.29) is 47.6 Å². The number of piperidine rings is 1. The monoisotopic (exact) mass is 596 g/mol. The van der Waals surface area contributed by atoms with Crippen LogP contribution in [0, 0.1) is 23.0 Å². The summed E-state index contributed by atoms with van der Waals surface area (Å²) in [7, 11) is 0. The molecule has 1 saturated carbocycles. The number of halogens is 2. The van der Waals surface area contributed by atoms with E-state index in [1.54, 1.807) is 48.9 Å². The molecule has 0 unspecified atom stereocenters. The summed E-state index contributed by atoms with van der Waals surface area (Å²) in [5.74, 6) is -1.23. The number of nitrogens with zero attached hydrogens (tertiary/aromatic N) is 5. The zero-order chi connectivity index (χ0) is 30.9. The van der Waals surface area contributed by atoms with Gasteiger partial charge in [-0.1, -0.05) is 17.3 Å². The fourth-order valence-corrected chi connectivity index (χ4v) is 7.19. The third-order valence-electron chi connectivity index (χ3n) is 9.25. The van der Waals surface area contributed by atoms with Crippen molar-refractivity contribution >= 4 is 16.9 Å². The summed E-state index contributed by atoms with van der Waals surface area (Å²) in [6.45, 7) is 3.48. The standard InChI is InChI=1S/C34H34F2N6O2/c1-34(2,44)17-41-32-29(39-40-41)15-27(31(36)30(32)18-3-4-18)25-10-7-20(11-26(25)19-5-6-21(16-37)28(35)12-19)33(43)42-23-8-9-24(42)14-22(38)13-23/h5-7,10-12,15,18,22-24,44H,3-4,8-9,13-14,17,38H2,1-2H3/t22-,23+,24-. The first kappa shape index (κ1) is 28.6. The van der Waals surface area contributed by atoms with E-state index in [4.69, 9.17) is 5.73 Å². The van der Waals surface area contributed by atoms with Gasteiger partial charge in [0, 0.05) is 34.8 Å². The van der Waals surface area contributed by atoms with Crippen molar-refractivity contribution in [2.24, 2.45) is 5.73 Å². The van der Waals surface area contributed by atoms with Crippen LogP contribution in [0.2, 0.25) is 0 Å². The van der Waals surface area contributed by atoms with Gasteiger partial charge in [-0.05, 0) is 105 Å². The van der Waals surface area contributed by atoms with E-state index in [0.717, 1.165) is 38.5 Å². The minimum atomic E-state index is -1.08. The largest absolute Gasteiger partial charge is 0.389 e. The maximum Gasteiger partial charge on any atom is 0.254 e. The molecule has 3 fully saturated rings. The van der Waals surface area contributed by atoms with Gasteiger partial charge in [0.15, 0.2) is 0 Å². The summed E-state index contributed by atoms with van der Waals surface area (Å²) in [6.07, 6.45) is 5.01. The molecular weight excluding hydrogens is 562 g/mol. The molecule has 10 heteroatoms. The molecule has 0 radical (unpaired) electrons. The Kier molecular flexibility index (Phi) is 6.79. The van der Waals surface area contributed by atoms with Crippen molar-refractivity contribution in [1.82, 2.24) is 19.9 Å². The average Bonchev–Trinajstić information content (AvgIpc) is 3.69. The number of amides is 1. The highest BCUT2D eigenvalue weighted by Gasteiger charge is 2.42. The summed E-state index contributed by atoms with van der Waals surface area (Å²) in [5.41, 5.74) is 8.71. The lowest BCUT2D eigenvalue weighted by molar-refractivity contribution is 0.0571. The number of hydrogen-bond donors (Lipinski definition) is 2. The Bertz CT molecular complexity index is 1840. The van der Waals surface area contributed by atoms with E-state index in [9.17, 15) is 19.6 Å². The zero-order valence-corrected chi connectivity index (χ0v) is 24.7. The normalized spacial score (nSPS) is 21.6. The maximum atomic E-state index is 16.7. The van der Waals surface area contributed by atoms with Crippen molar-refractivity contribution in [3.05, 3.63) is 70.8 Å². The van der Waals surface area contributed by atoms with E-state index in [2.05, 4.69) is 10.3 Å². The summed E-state index contributed by atoms with van der Waals surface area (Å²) >= 11 is 0. The minimum Gasteiger partial charge on any atom is -0.389 e. The van der Waals surface area contributed by atoms with Crippen molar-refractivity contribution in [2.75, 3.05) is 0 Å². The second-order valence-electron chi connectivity index (χ2n) is 13.2. The molecule has 4 aromatic rings. The summed E-state index contributed by atoms with van der Waals surface area (Å²) in [6, 6.07) is 13.1. The SMILES string of the molecule is CC(C)(O)Cn1nnc2cc(-c3ccc(C(=O)N4[C@@H]5CC[C@H]4C[C@@H](N)C5)cc3-c3ccc(C#N)c(F)c3)c(F)c(C3CC3)c21. The molecule has 8 nitrogen and oxygen atoms in total. The van der Waals surface area contributed by atoms with Crippen LogP contribution in [0.5, 0.6) is 0 Å². The Morgan fingerprint density at radius 1 is 1.05 bits per heavy atom. The van der Waals surface area contributed by atoms with Crippen molar-refractivity contribution in [1.29, 1.82) is 5.26 Å². The number of hydrogen-bond acceptors (Lipinski definition) is 6. The van der Waals surface area contributed by atoms with Crippen LogP contribution in [-0.4, -0.2) is 54.6 Å². The van der Waals surface area contributed by atoms with Gasteiger partial charge in [-0.2, -0.15) is 5.26 Å². The second-order valence-corrected chi connectivity index (χ2v) is 13.2. The number of nitriles is 1. The van der Waals surface area contributed by atoms with Gasteiger partial charge in [0.05, 0.1) is 23.2 Å². The first-order chi connectivity index (χ1) is 21.0. The van der Waals surface area contributed by atoms with Gasteiger partial charge in [-0.15, -0.1) is 5.10 Å². The highest BCUT2D eigenvalue weighted by Crippen LogP contribution is 2.48. The Labute approximate surface area is 254 Å². The molecule has 3 N–H and O–H groups in total. The fraction of sp³-hybridized carbons (Fsp3) is 0.412. The molecule has 3 heterocycles. The van der Waals surface area contributed by atoms with Crippen LogP contribution in [0.4, 0.5) is 8.78 Å². The predicted molar refractivity (Wildman–Crippen MR) is 161 cm³/mol. The van der Waals surface area contributed by atoms with Gasteiger partial charge < -0.3 is 15.7 Å². The molecule has 1 amide bonds. The number of carbonyl (C=O) groups is 1. The number of nitrogens with two attached hydrogens (primary N) is 1. The lowest BCUT2D eigenvalue weighted by Crippen LogP contribution is -2.50. The van der Waals surface area contributed by atoms with E-state index in [0.29, 0.717) is 38.9 Å². The van der Waals surface area contributed by atoms with Gasteiger partial charge >= 0.3 is 0 Å². The fourth-order valence-electron chi connectivity index (χ4n) is 7.19. The number of fused-ring (bicyclic) bond motifs is 3. The molecule has 3 aromatic carbocycles. The average molecular weight is 597 g/mol. The highest BCUT2D eigenvalue weighted by atomic mass is 19.1. The Hall–Kier alpha value is -4.20. The van der Waals surface area contributed by atoms with Crippen molar-refractivity contribution < 1.29 is 18.7 Å². The number of aliphatic hydroxyl groups is 1. The molecule has 44 heavy (non-hydrogen) atoms. The third-order valence-corrected chi connectivity index (χ3v) is 9.25. The van der Waals surface area contributed by atoms with E-state index in [1.807, 2.05) is 11.0 Å². The summed E-state index contributed by atoms with van der Waals surface area (Å²) in [4.78, 5) is 15.9. The Morgan fingerprint density at radius 3 is 2.41 bits per heavy atom. The zero-order valence-electron chi connectivity index (χ0n) is 24.7. The van der Waals surface area contributed by atoms with Gasteiger partial charge in [-0.3, -0.25) is 4.79 Å². The van der Waals surface area contributed by atoms with Gasteiger partial charge in [-0.25, -0.2) is 13.5 Å². The Balaban J connectivity index is 1.39. The first-order valence-corrected chi connectivity index (χ1v) is 15.2. The molecule has 1 aliphatic carbocycles. The van der Waals surface area contributed by atoms with Crippen LogP contribution in [-0.2, 0) is 6.54 Å². The van der Waals surface area contributed by atoms with Crippen LogP contribution in [0.1, 0.15) is 79.8 Å². The molecule has 226 valence electrons. The van der Waals surface area contributed by atoms with E-state index < -0.39 is 17.2 Å². The molecule has 3 atom stereocenters. The lowest BCUT2D eigenvalue weighted by Gasteiger charge is -2.38. The van der Waals surface area contributed by atoms with Gasteiger partial charge in [0.25, 0.3) is 5.91 Å².